The van der Waals surface area contributed by atoms with Gasteiger partial charge < -0.3 is 4.98 Å². The number of aromatic nitrogens is 6. The molecular formula is C18H16N6OS2. The maximum absolute atomic E-state index is 12.6. The zero-order valence-electron chi connectivity index (χ0n) is 14.4. The zero-order chi connectivity index (χ0) is 18.2. The Morgan fingerprint density at radius 1 is 1.19 bits per heavy atom. The molecule has 5 rings (SSSR count). The molecule has 0 radical (unpaired) electrons. The van der Waals surface area contributed by atoms with Crippen LogP contribution in [0.2, 0.25) is 0 Å². The van der Waals surface area contributed by atoms with E-state index in [0.29, 0.717) is 22.6 Å². The van der Waals surface area contributed by atoms with E-state index in [-0.39, 0.29) is 5.56 Å². The number of H-pyrrole nitrogens is 2. The number of nitrogens with zero attached hydrogens (tertiary/aromatic N) is 4. The summed E-state index contributed by atoms with van der Waals surface area (Å²) >= 11 is 3.10. The standard InChI is InChI=1S/C18H16N6OS2/c25-16-14-10-5-1-2-7-12(10)27-17(14)21-13(20-16)9-26-18-22-15(23-24-18)11-6-3-4-8-19-11/h3-4,6,8H,1-2,5,7,9H2,(H,20,21,25)(H,22,23,24). The van der Waals surface area contributed by atoms with Gasteiger partial charge in [-0.05, 0) is 43.4 Å². The lowest BCUT2D eigenvalue weighted by molar-refractivity contribution is 0.700. The van der Waals surface area contributed by atoms with E-state index in [1.807, 2.05) is 18.2 Å². The minimum atomic E-state index is -0.0286. The molecule has 2 N–H and O–H groups in total. The van der Waals surface area contributed by atoms with Crippen LogP contribution in [0.25, 0.3) is 21.7 Å². The SMILES string of the molecule is O=c1[nH]c(CSc2n[nH]c(-c3ccccn3)n2)nc2sc3c(c12)CCCC3. The number of thiophene rings is 1. The van der Waals surface area contributed by atoms with E-state index in [1.165, 1.54) is 28.6 Å². The first-order chi connectivity index (χ1) is 13.3. The maximum atomic E-state index is 12.6. The highest BCUT2D eigenvalue weighted by molar-refractivity contribution is 7.98. The van der Waals surface area contributed by atoms with Crippen molar-refractivity contribution in [3.8, 4) is 11.5 Å². The summed E-state index contributed by atoms with van der Waals surface area (Å²) in [6.45, 7) is 0. The van der Waals surface area contributed by atoms with Crippen molar-refractivity contribution >= 4 is 33.3 Å². The molecule has 0 amide bonds. The van der Waals surface area contributed by atoms with Crippen molar-refractivity contribution in [2.24, 2.45) is 0 Å². The lowest BCUT2D eigenvalue weighted by Crippen LogP contribution is -2.12. The quantitative estimate of drug-likeness (QED) is 0.513. The Morgan fingerprint density at radius 2 is 2.11 bits per heavy atom. The van der Waals surface area contributed by atoms with Crippen LogP contribution >= 0.6 is 23.1 Å². The molecule has 0 saturated carbocycles. The average Bonchev–Trinajstić information content (AvgIpc) is 3.31. The van der Waals surface area contributed by atoms with Crippen molar-refractivity contribution in [1.82, 2.24) is 30.1 Å². The Bertz CT molecular complexity index is 1160. The number of hydrogen-bond donors (Lipinski definition) is 2. The fourth-order valence-electron chi connectivity index (χ4n) is 3.34. The molecule has 0 atom stereocenters. The third kappa shape index (κ3) is 3.17. The first kappa shape index (κ1) is 16.6. The van der Waals surface area contributed by atoms with Gasteiger partial charge in [0, 0.05) is 11.1 Å². The highest BCUT2D eigenvalue weighted by Gasteiger charge is 2.20. The first-order valence-corrected chi connectivity index (χ1v) is 10.6. The Labute approximate surface area is 162 Å². The normalized spacial score (nSPS) is 13.8. The Morgan fingerprint density at radius 3 is 3.00 bits per heavy atom. The summed E-state index contributed by atoms with van der Waals surface area (Å²) in [4.78, 5) is 31.1. The molecule has 0 aliphatic heterocycles. The third-order valence-corrected chi connectivity index (χ3v) is 6.63. The largest absolute Gasteiger partial charge is 0.309 e. The van der Waals surface area contributed by atoms with Gasteiger partial charge in [0.2, 0.25) is 5.16 Å². The molecule has 9 heteroatoms. The van der Waals surface area contributed by atoms with Crippen LogP contribution in [0.15, 0.2) is 34.3 Å². The molecule has 1 aliphatic rings. The van der Waals surface area contributed by atoms with E-state index >= 15 is 0 Å². The summed E-state index contributed by atoms with van der Waals surface area (Å²) in [5.74, 6) is 1.79. The second kappa shape index (κ2) is 6.90. The second-order valence-corrected chi connectivity index (χ2v) is 8.40. The molecular weight excluding hydrogens is 380 g/mol. The molecule has 7 nitrogen and oxygen atoms in total. The van der Waals surface area contributed by atoms with Crippen molar-refractivity contribution < 1.29 is 0 Å². The minimum absolute atomic E-state index is 0.0286. The van der Waals surface area contributed by atoms with Gasteiger partial charge >= 0.3 is 0 Å². The van der Waals surface area contributed by atoms with Crippen LogP contribution in [0.3, 0.4) is 0 Å². The number of aromatic amines is 2. The average molecular weight is 397 g/mol. The van der Waals surface area contributed by atoms with E-state index in [0.717, 1.165) is 35.2 Å². The lowest BCUT2D eigenvalue weighted by Gasteiger charge is -2.09. The molecule has 4 heterocycles. The third-order valence-electron chi connectivity index (χ3n) is 4.58. The van der Waals surface area contributed by atoms with Gasteiger partial charge in [-0.15, -0.1) is 16.4 Å². The van der Waals surface area contributed by atoms with Crippen LogP contribution in [0.5, 0.6) is 0 Å². The van der Waals surface area contributed by atoms with Gasteiger partial charge in [-0.1, -0.05) is 17.8 Å². The molecule has 0 unspecified atom stereocenters. The number of nitrogens with one attached hydrogen (secondary N) is 2. The van der Waals surface area contributed by atoms with Crippen molar-refractivity contribution in [2.45, 2.75) is 36.6 Å². The number of aryl methyl sites for hydroxylation is 2. The van der Waals surface area contributed by atoms with Crippen LogP contribution < -0.4 is 5.56 Å². The van der Waals surface area contributed by atoms with Crippen molar-refractivity contribution in [1.29, 1.82) is 0 Å². The van der Waals surface area contributed by atoms with Crippen molar-refractivity contribution in [3.63, 3.8) is 0 Å². The lowest BCUT2D eigenvalue weighted by atomic mass is 9.97. The fourth-order valence-corrected chi connectivity index (χ4v) is 5.29. The van der Waals surface area contributed by atoms with Crippen LogP contribution in [0.1, 0.15) is 29.1 Å². The van der Waals surface area contributed by atoms with Crippen molar-refractivity contribution in [2.75, 3.05) is 0 Å². The molecule has 1 aliphatic carbocycles. The molecule has 27 heavy (non-hydrogen) atoms. The first-order valence-electron chi connectivity index (χ1n) is 8.78. The summed E-state index contributed by atoms with van der Waals surface area (Å²) in [5, 5.41) is 8.50. The van der Waals surface area contributed by atoms with E-state index < -0.39 is 0 Å². The molecule has 0 saturated heterocycles. The van der Waals surface area contributed by atoms with E-state index in [9.17, 15) is 4.79 Å². The van der Waals surface area contributed by atoms with Gasteiger partial charge in [0.15, 0.2) is 5.82 Å². The second-order valence-electron chi connectivity index (χ2n) is 6.37. The fraction of sp³-hybridized carbons (Fsp3) is 0.278. The summed E-state index contributed by atoms with van der Waals surface area (Å²) in [6, 6.07) is 5.64. The van der Waals surface area contributed by atoms with Crippen LogP contribution in [0, 0.1) is 0 Å². The number of fused-ring (bicyclic) bond motifs is 3. The van der Waals surface area contributed by atoms with Gasteiger partial charge in [-0.25, -0.2) is 4.98 Å². The smallest absolute Gasteiger partial charge is 0.259 e. The highest BCUT2D eigenvalue weighted by Crippen LogP contribution is 2.33. The Hall–Kier alpha value is -2.52. The Balaban J connectivity index is 1.38. The summed E-state index contributed by atoms with van der Waals surface area (Å²) < 4.78 is 0. The Kier molecular flexibility index (Phi) is 4.25. The molecule has 0 fully saturated rings. The van der Waals surface area contributed by atoms with Gasteiger partial charge in [0.25, 0.3) is 5.56 Å². The molecule has 4 aromatic heterocycles. The van der Waals surface area contributed by atoms with Crippen LogP contribution in [-0.2, 0) is 18.6 Å². The van der Waals surface area contributed by atoms with Gasteiger partial charge in [-0.2, -0.15) is 4.98 Å². The van der Waals surface area contributed by atoms with E-state index in [1.54, 1.807) is 17.5 Å². The molecule has 0 bridgehead atoms. The van der Waals surface area contributed by atoms with Crippen molar-refractivity contribution in [3.05, 3.63) is 51.0 Å². The summed E-state index contributed by atoms with van der Waals surface area (Å²) in [7, 11) is 0. The van der Waals surface area contributed by atoms with E-state index in [4.69, 9.17) is 0 Å². The monoisotopic (exact) mass is 396 g/mol. The number of hydrogen-bond acceptors (Lipinski definition) is 7. The predicted molar refractivity (Wildman–Crippen MR) is 106 cm³/mol. The number of thioether (sulfide) groups is 1. The molecule has 136 valence electrons. The van der Waals surface area contributed by atoms with Crippen LogP contribution in [-0.4, -0.2) is 30.1 Å². The minimum Gasteiger partial charge on any atom is -0.309 e. The summed E-state index contributed by atoms with van der Waals surface area (Å²) in [6.07, 6.45) is 6.12. The topological polar surface area (TPSA) is 100 Å². The van der Waals surface area contributed by atoms with E-state index in [2.05, 4.69) is 30.1 Å². The molecule has 0 spiro atoms. The molecule has 4 aromatic rings. The van der Waals surface area contributed by atoms with Gasteiger partial charge in [0.05, 0.1) is 11.1 Å². The summed E-state index contributed by atoms with van der Waals surface area (Å²) in [5.41, 5.74) is 1.93. The highest BCUT2D eigenvalue weighted by atomic mass is 32.2. The number of pyridine rings is 1. The van der Waals surface area contributed by atoms with Crippen LogP contribution in [0.4, 0.5) is 0 Å². The number of rotatable bonds is 4. The maximum Gasteiger partial charge on any atom is 0.259 e. The predicted octanol–water partition coefficient (Wildman–Crippen LogP) is 3.34. The van der Waals surface area contributed by atoms with Gasteiger partial charge in [-0.3, -0.25) is 14.9 Å². The zero-order valence-corrected chi connectivity index (χ0v) is 16.0. The molecule has 0 aromatic carbocycles. The van der Waals surface area contributed by atoms with Gasteiger partial charge in [0.1, 0.15) is 16.3 Å².